The van der Waals surface area contributed by atoms with Crippen LogP contribution in [0, 0.1) is 5.92 Å². The smallest absolute Gasteiger partial charge is 0.0194 e. The molecule has 1 saturated heterocycles. The molecule has 0 amide bonds. The molecule has 0 radical (unpaired) electrons. The van der Waals surface area contributed by atoms with Gasteiger partial charge in [-0.05, 0) is 18.6 Å². The highest BCUT2D eigenvalue weighted by Gasteiger charge is 2.22. The Morgan fingerprint density at radius 2 is 2.36 bits per heavy atom. The molecule has 1 aliphatic rings. The number of hydrogen-bond donors (Lipinski definition) is 1. The lowest BCUT2D eigenvalue weighted by molar-refractivity contribution is 0.474. The van der Waals surface area contributed by atoms with Gasteiger partial charge in [-0.2, -0.15) is 11.8 Å². The molecule has 11 heavy (non-hydrogen) atoms. The highest BCUT2D eigenvalue weighted by Crippen LogP contribution is 2.23. The Hall–Kier alpha value is 0.0500. The monoisotopic (exact) mass is 171 g/mol. The number of nitrogens with one attached hydrogen (secondary N) is 1. The summed E-state index contributed by atoms with van der Waals surface area (Å²) >= 11 is 2.06. The van der Waals surface area contributed by atoms with Crippen LogP contribution in [0.5, 0.6) is 0 Å². The van der Waals surface area contributed by atoms with Gasteiger partial charge in [-0.1, -0.05) is 19.1 Å². The van der Waals surface area contributed by atoms with E-state index >= 15 is 0 Å². The molecule has 1 heterocycles. The molecule has 2 unspecified atom stereocenters. The van der Waals surface area contributed by atoms with Gasteiger partial charge in [0.2, 0.25) is 0 Å². The molecule has 0 aliphatic carbocycles. The van der Waals surface area contributed by atoms with Crippen molar-refractivity contribution in [3.8, 4) is 0 Å². The lowest BCUT2D eigenvalue weighted by Crippen LogP contribution is -2.33. The predicted octanol–water partition coefficient (Wildman–Crippen LogP) is 1.90. The van der Waals surface area contributed by atoms with E-state index in [0.29, 0.717) is 0 Å². The van der Waals surface area contributed by atoms with Crippen LogP contribution in [0.1, 0.15) is 13.8 Å². The van der Waals surface area contributed by atoms with Gasteiger partial charge in [0.25, 0.3) is 0 Å². The number of allylic oxidation sites excluding steroid dienone is 1. The van der Waals surface area contributed by atoms with Crippen LogP contribution in [0.3, 0.4) is 0 Å². The van der Waals surface area contributed by atoms with Crippen molar-refractivity contribution in [3.05, 3.63) is 12.2 Å². The molecule has 64 valence electrons. The minimum atomic E-state index is 0.746. The highest BCUT2D eigenvalue weighted by molar-refractivity contribution is 7.99. The van der Waals surface area contributed by atoms with Crippen LogP contribution in [0.2, 0.25) is 0 Å². The van der Waals surface area contributed by atoms with Crippen molar-refractivity contribution in [1.82, 2.24) is 5.32 Å². The average molecular weight is 171 g/mol. The first-order valence-corrected chi connectivity index (χ1v) is 5.42. The van der Waals surface area contributed by atoms with Gasteiger partial charge in [0, 0.05) is 18.3 Å². The normalized spacial score (nSPS) is 31.8. The number of hydrogen-bond acceptors (Lipinski definition) is 2. The second-order valence-corrected chi connectivity index (χ2v) is 4.17. The Kier molecular flexibility index (Phi) is 4.02. The fourth-order valence-electron chi connectivity index (χ4n) is 1.26. The molecule has 0 spiro atoms. The summed E-state index contributed by atoms with van der Waals surface area (Å²) in [5.41, 5.74) is 0. The minimum absolute atomic E-state index is 0.746. The second-order valence-electron chi connectivity index (χ2n) is 3.10. The molecule has 0 bridgehead atoms. The maximum Gasteiger partial charge on any atom is 0.0194 e. The average Bonchev–Trinajstić information content (AvgIpc) is 2.37. The molecule has 2 heteroatoms. The van der Waals surface area contributed by atoms with E-state index < -0.39 is 0 Å². The molecule has 1 aliphatic heterocycles. The van der Waals surface area contributed by atoms with Gasteiger partial charge >= 0.3 is 0 Å². The van der Waals surface area contributed by atoms with Gasteiger partial charge in [-0.15, -0.1) is 0 Å². The summed E-state index contributed by atoms with van der Waals surface area (Å²) in [6.07, 6.45) is 4.27. The molecular formula is C9H17NS. The van der Waals surface area contributed by atoms with Crippen LogP contribution < -0.4 is 5.32 Å². The summed E-state index contributed by atoms with van der Waals surface area (Å²) in [6, 6.07) is 0.746. The molecular weight excluding hydrogens is 154 g/mol. The molecule has 0 saturated carbocycles. The van der Waals surface area contributed by atoms with Crippen molar-refractivity contribution >= 4 is 11.8 Å². The van der Waals surface area contributed by atoms with Crippen molar-refractivity contribution in [2.75, 3.05) is 18.1 Å². The topological polar surface area (TPSA) is 12.0 Å². The van der Waals surface area contributed by atoms with Crippen molar-refractivity contribution in [2.45, 2.75) is 19.9 Å². The largest absolute Gasteiger partial charge is 0.309 e. The fourth-order valence-corrected chi connectivity index (χ4v) is 2.70. The number of thioether (sulfide) groups is 1. The van der Waals surface area contributed by atoms with Gasteiger partial charge in [0.05, 0.1) is 0 Å². The summed E-state index contributed by atoms with van der Waals surface area (Å²) in [5.74, 6) is 3.47. The summed E-state index contributed by atoms with van der Waals surface area (Å²) in [6.45, 7) is 5.42. The quantitative estimate of drug-likeness (QED) is 0.651. The molecule has 1 fully saturated rings. The molecule has 0 aromatic carbocycles. The lowest BCUT2D eigenvalue weighted by Gasteiger charge is -2.14. The van der Waals surface area contributed by atoms with Crippen LogP contribution in [0.4, 0.5) is 0 Å². The molecule has 1 rings (SSSR count). The van der Waals surface area contributed by atoms with Gasteiger partial charge in [0.1, 0.15) is 0 Å². The molecule has 0 aromatic rings. The second kappa shape index (κ2) is 4.83. The first-order valence-electron chi connectivity index (χ1n) is 4.27. The van der Waals surface area contributed by atoms with Crippen LogP contribution >= 0.6 is 11.8 Å². The first-order chi connectivity index (χ1) is 5.34. The fraction of sp³-hybridized carbons (Fsp3) is 0.778. The zero-order valence-electron chi connectivity index (χ0n) is 7.34. The molecule has 0 aromatic heterocycles. The third-order valence-corrected chi connectivity index (χ3v) is 3.45. The van der Waals surface area contributed by atoms with E-state index in [0.717, 1.165) is 18.5 Å². The van der Waals surface area contributed by atoms with Crippen LogP contribution in [-0.4, -0.2) is 24.1 Å². The molecule has 1 nitrogen and oxygen atoms in total. The van der Waals surface area contributed by atoms with E-state index in [1.54, 1.807) is 0 Å². The van der Waals surface area contributed by atoms with Gasteiger partial charge in [-0.3, -0.25) is 0 Å². The Morgan fingerprint density at radius 1 is 1.55 bits per heavy atom. The summed E-state index contributed by atoms with van der Waals surface area (Å²) in [4.78, 5) is 0. The third-order valence-electron chi connectivity index (χ3n) is 2.10. The van der Waals surface area contributed by atoms with Crippen LogP contribution in [0.25, 0.3) is 0 Å². The van der Waals surface area contributed by atoms with Crippen molar-refractivity contribution in [2.24, 2.45) is 5.92 Å². The van der Waals surface area contributed by atoms with E-state index in [-0.39, 0.29) is 0 Å². The SMILES string of the molecule is C/C=C/CNC1CSCC1C. The summed E-state index contributed by atoms with van der Waals surface area (Å²) in [5, 5.41) is 3.52. The van der Waals surface area contributed by atoms with Gasteiger partial charge in [-0.25, -0.2) is 0 Å². The Labute approximate surface area is 73.6 Å². The predicted molar refractivity (Wildman–Crippen MR) is 53.1 cm³/mol. The maximum atomic E-state index is 3.52. The van der Waals surface area contributed by atoms with Gasteiger partial charge in [0.15, 0.2) is 0 Å². The minimum Gasteiger partial charge on any atom is -0.309 e. The Bertz CT molecular complexity index is 134. The van der Waals surface area contributed by atoms with Crippen LogP contribution in [0.15, 0.2) is 12.2 Å². The van der Waals surface area contributed by atoms with E-state index in [1.165, 1.54) is 11.5 Å². The summed E-state index contributed by atoms with van der Waals surface area (Å²) in [7, 11) is 0. The summed E-state index contributed by atoms with van der Waals surface area (Å²) < 4.78 is 0. The Morgan fingerprint density at radius 3 is 2.91 bits per heavy atom. The van der Waals surface area contributed by atoms with Crippen molar-refractivity contribution < 1.29 is 0 Å². The third kappa shape index (κ3) is 2.88. The molecule has 2 atom stereocenters. The standard InChI is InChI=1S/C9H17NS/c1-3-4-5-10-9-7-11-6-8(9)2/h3-4,8-10H,5-7H2,1-2H3/b4-3+. The highest BCUT2D eigenvalue weighted by atomic mass is 32.2. The van der Waals surface area contributed by atoms with E-state index in [9.17, 15) is 0 Å². The molecule has 1 N–H and O–H groups in total. The lowest BCUT2D eigenvalue weighted by atomic mass is 10.1. The van der Waals surface area contributed by atoms with Crippen molar-refractivity contribution in [3.63, 3.8) is 0 Å². The Balaban J connectivity index is 2.15. The first kappa shape index (κ1) is 9.14. The zero-order valence-corrected chi connectivity index (χ0v) is 8.16. The van der Waals surface area contributed by atoms with Crippen LogP contribution in [-0.2, 0) is 0 Å². The zero-order chi connectivity index (χ0) is 8.10. The van der Waals surface area contributed by atoms with Gasteiger partial charge < -0.3 is 5.32 Å². The van der Waals surface area contributed by atoms with E-state index in [2.05, 4.69) is 43.1 Å². The van der Waals surface area contributed by atoms with Crippen molar-refractivity contribution in [1.29, 1.82) is 0 Å². The van der Waals surface area contributed by atoms with E-state index in [4.69, 9.17) is 0 Å². The number of rotatable bonds is 3. The van der Waals surface area contributed by atoms with E-state index in [1.807, 2.05) is 0 Å². The maximum absolute atomic E-state index is 3.52.